The minimum absolute atomic E-state index is 0. The summed E-state index contributed by atoms with van der Waals surface area (Å²) in [7, 11) is 0. The second-order valence-electron chi connectivity index (χ2n) is 5.59. The summed E-state index contributed by atoms with van der Waals surface area (Å²) < 4.78 is 11.5. The molecule has 1 unspecified atom stereocenters. The van der Waals surface area contributed by atoms with Crippen molar-refractivity contribution in [3.63, 3.8) is 0 Å². The Morgan fingerprint density at radius 3 is 2.74 bits per heavy atom. The number of thioether (sulfide) groups is 1. The third kappa shape index (κ3) is 6.78. The molecule has 0 bridgehead atoms. The van der Waals surface area contributed by atoms with E-state index in [1.54, 1.807) is 11.8 Å². The quantitative estimate of drug-likeness (QED) is 0.633. The average molecular weight is 446 g/mol. The van der Waals surface area contributed by atoms with E-state index in [1.807, 2.05) is 24.8 Å². The van der Waals surface area contributed by atoms with E-state index in [0.29, 0.717) is 12.5 Å². The molecule has 1 aliphatic rings. The SMILES string of the molecule is C[C@H]1[CH-]OC(Sc2cccc(OCCc3ccccc3)c2)C1.[Cs+]. The molecular weight excluding hydrogens is 425 g/mol. The summed E-state index contributed by atoms with van der Waals surface area (Å²) in [5.74, 6) is 1.47. The molecule has 1 heterocycles. The first-order chi connectivity index (χ1) is 10.8. The summed E-state index contributed by atoms with van der Waals surface area (Å²) in [4.78, 5) is 1.20. The van der Waals surface area contributed by atoms with Crippen molar-refractivity contribution in [2.45, 2.75) is 30.1 Å². The van der Waals surface area contributed by atoms with E-state index in [9.17, 15) is 0 Å². The Morgan fingerprint density at radius 1 is 1.17 bits per heavy atom. The van der Waals surface area contributed by atoms with E-state index in [1.165, 1.54) is 10.5 Å². The van der Waals surface area contributed by atoms with Crippen LogP contribution >= 0.6 is 11.8 Å². The van der Waals surface area contributed by atoms with E-state index in [-0.39, 0.29) is 74.3 Å². The zero-order valence-corrected chi connectivity index (χ0v) is 20.9. The van der Waals surface area contributed by atoms with Crippen molar-refractivity contribution in [3.05, 3.63) is 66.8 Å². The van der Waals surface area contributed by atoms with Gasteiger partial charge in [-0.2, -0.15) is 0 Å². The second kappa shape index (κ2) is 10.6. The minimum Gasteiger partial charge on any atom is -0.542 e. The van der Waals surface area contributed by atoms with Gasteiger partial charge in [-0.15, -0.1) is 5.92 Å². The van der Waals surface area contributed by atoms with E-state index in [4.69, 9.17) is 9.47 Å². The summed E-state index contributed by atoms with van der Waals surface area (Å²) in [5, 5.41) is 0. The molecular formula is C19H21CsO2S. The van der Waals surface area contributed by atoms with Gasteiger partial charge in [-0.3, -0.25) is 0 Å². The van der Waals surface area contributed by atoms with Gasteiger partial charge in [-0.1, -0.05) is 55.1 Å². The van der Waals surface area contributed by atoms with Gasteiger partial charge in [-0.05, 0) is 30.2 Å². The summed E-state index contributed by atoms with van der Waals surface area (Å²) in [5.41, 5.74) is 1.53. The maximum Gasteiger partial charge on any atom is 1.00 e. The Morgan fingerprint density at radius 2 is 2.00 bits per heavy atom. The molecule has 2 nitrogen and oxygen atoms in total. The van der Waals surface area contributed by atoms with Crippen molar-refractivity contribution in [3.8, 4) is 5.75 Å². The van der Waals surface area contributed by atoms with Crippen LogP contribution in [0.2, 0.25) is 0 Å². The van der Waals surface area contributed by atoms with Crippen LogP contribution in [0.15, 0.2) is 59.5 Å². The van der Waals surface area contributed by atoms with Crippen molar-refractivity contribution < 1.29 is 78.4 Å². The first kappa shape index (κ1) is 19.9. The van der Waals surface area contributed by atoms with E-state index >= 15 is 0 Å². The second-order valence-corrected chi connectivity index (χ2v) is 6.82. The van der Waals surface area contributed by atoms with Gasteiger partial charge in [0.05, 0.1) is 12.0 Å². The number of hydrogen-bond donors (Lipinski definition) is 0. The Bertz CT molecular complexity index is 591. The number of benzene rings is 2. The molecule has 3 rings (SSSR count). The average Bonchev–Trinajstić information content (AvgIpc) is 2.94. The molecule has 23 heavy (non-hydrogen) atoms. The van der Waals surface area contributed by atoms with Crippen LogP contribution in [0.3, 0.4) is 0 Å². The Balaban J connectivity index is 0.00000192. The Kier molecular flexibility index (Phi) is 9.15. The van der Waals surface area contributed by atoms with Crippen LogP contribution in [0.25, 0.3) is 0 Å². The summed E-state index contributed by atoms with van der Waals surface area (Å²) in [6, 6.07) is 18.7. The van der Waals surface area contributed by atoms with Crippen LogP contribution in [-0.2, 0) is 11.2 Å². The largest absolute Gasteiger partial charge is 1.00 e. The van der Waals surface area contributed by atoms with Crippen LogP contribution in [0.4, 0.5) is 0 Å². The molecule has 2 aromatic carbocycles. The minimum atomic E-state index is 0. The maximum absolute atomic E-state index is 5.87. The summed E-state index contributed by atoms with van der Waals surface area (Å²) in [6.07, 6.45) is 2.00. The molecule has 2 aromatic rings. The Labute approximate surface area is 202 Å². The predicted molar refractivity (Wildman–Crippen MR) is 90.9 cm³/mol. The van der Waals surface area contributed by atoms with Gasteiger partial charge in [0.25, 0.3) is 0 Å². The van der Waals surface area contributed by atoms with Gasteiger partial charge >= 0.3 is 68.9 Å². The van der Waals surface area contributed by atoms with Gasteiger partial charge in [0.2, 0.25) is 0 Å². The van der Waals surface area contributed by atoms with Crippen LogP contribution in [0.5, 0.6) is 5.75 Å². The first-order valence-corrected chi connectivity index (χ1v) is 8.60. The fraction of sp³-hybridized carbons (Fsp3) is 0.316. The molecule has 116 valence electrons. The van der Waals surface area contributed by atoms with Crippen LogP contribution in [-0.4, -0.2) is 12.0 Å². The van der Waals surface area contributed by atoms with Gasteiger partial charge in [0.15, 0.2) is 0 Å². The molecule has 0 saturated carbocycles. The number of hydrogen-bond acceptors (Lipinski definition) is 3. The molecule has 2 atom stereocenters. The van der Waals surface area contributed by atoms with E-state index in [2.05, 4.69) is 43.3 Å². The molecule has 0 aliphatic carbocycles. The number of rotatable bonds is 6. The molecule has 0 N–H and O–H groups in total. The van der Waals surface area contributed by atoms with Gasteiger partial charge in [-0.25, -0.2) is 6.61 Å². The summed E-state index contributed by atoms with van der Waals surface area (Å²) in [6.45, 7) is 4.82. The van der Waals surface area contributed by atoms with Crippen LogP contribution < -0.4 is 73.6 Å². The normalized spacial score (nSPS) is 20.0. The van der Waals surface area contributed by atoms with Crippen molar-refractivity contribution in [1.29, 1.82) is 0 Å². The van der Waals surface area contributed by atoms with Crippen molar-refractivity contribution in [2.75, 3.05) is 6.61 Å². The third-order valence-corrected chi connectivity index (χ3v) is 4.69. The molecule has 0 spiro atoms. The molecule has 1 saturated heterocycles. The van der Waals surface area contributed by atoms with Crippen LogP contribution in [0, 0.1) is 12.5 Å². The van der Waals surface area contributed by atoms with Crippen molar-refractivity contribution >= 4 is 11.8 Å². The summed E-state index contributed by atoms with van der Waals surface area (Å²) >= 11 is 1.77. The number of ether oxygens (including phenoxy) is 2. The van der Waals surface area contributed by atoms with Crippen molar-refractivity contribution in [2.24, 2.45) is 5.92 Å². The monoisotopic (exact) mass is 446 g/mol. The predicted octanol–water partition coefficient (Wildman–Crippen LogP) is 1.95. The zero-order valence-electron chi connectivity index (χ0n) is 13.8. The Hall–Kier alpha value is 0.602. The van der Waals surface area contributed by atoms with Crippen molar-refractivity contribution in [1.82, 2.24) is 0 Å². The zero-order chi connectivity index (χ0) is 15.2. The maximum atomic E-state index is 5.87. The molecule has 0 amide bonds. The molecule has 4 heteroatoms. The molecule has 0 radical (unpaired) electrons. The van der Waals surface area contributed by atoms with Gasteiger partial charge < -0.3 is 9.47 Å². The fourth-order valence-corrected chi connectivity index (χ4v) is 3.60. The van der Waals surface area contributed by atoms with Gasteiger partial charge in [0.1, 0.15) is 5.75 Å². The standard InChI is InChI=1S/C19H21O2S.Cs/c1-15-12-19(21-14-15)22-18-9-5-8-17(13-18)20-11-10-16-6-3-2-4-7-16;/h2-9,13-15,19H,10-12H2,1H3;/q-1;+1/t15-,19?;/m1./s1. The fourth-order valence-electron chi connectivity index (χ4n) is 2.43. The van der Waals surface area contributed by atoms with Crippen LogP contribution in [0.1, 0.15) is 18.9 Å². The first-order valence-electron chi connectivity index (χ1n) is 7.72. The molecule has 0 aromatic heterocycles. The van der Waals surface area contributed by atoms with E-state index < -0.39 is 0 Å². The topological polar surface area (TPSA) is 18.5 Å². The molecule has 1 aliphatic heterocycles. The van der Waals surface area contributed by atoms with Gasteiger partial charge in [0, 0.05) is 11.3 Å². The van der Waals surface area contributed by atoms with E-state index in [0.717, 1.165) is 18.6 Å². The molecule has 1 fully saturated rings. The third-order valence-electron chi connectivity index (χ3n) is 3.60. The smallest absolute Gasteiger partial charge is 0.542 e.